The van der Waals surface area contributed by atoms with E-state index in [1.807, 2.05) is 18.2 Å². The van der Waals surface area contributed by atoms with Gasteiger partial charge in [0.1, 0.15) is 0 Å². The minimum Gasteiger partial charge on any atom is -0.490 e. The third kappa shape index (κ3) is 3.40. The number of rotatable bonds is 3. The molecule has 0 saturated carbocycles. The van der Waals surface area contributed by atoms with E-state index in [-0.39, 0.29) is 0 Å². The van der Waals surface area contributed by atoms with Gasteiger partial charge in [0.2, 0.25) is 0 Å². The fourth-order valence-electron chi connectivity index (χ4n) is 3.32. The molecule has 0 amide bonds. The largest absolute Gasteiger partial charge is 0.490 e. The van der Waals surface area contributed by atoms with Gasteiger partial charge in [-0.1, -0.05) is 24.3 Å². The van der Waals surface area contributed by atoms with Crippen LogP contribution >= 0.6 is 0 Å². The standard InChI is InChI=1S/C20H23N3O2/c1-21-20(22-13-15-11-14-5-2-3-6-17(14)15)23-16-7-8-18-19(12-16)25-10-4-9-24-18/h2-3,5-8,12,15H,4,9-11,13H2,1H3,(H2,21,22,23). The molecule has 0 aromatic heterocycles. The van der Waals surface area contributed by atoms with Crippen LogP contribution in [0.1, 0.15) is 23.5 Å². The highest BCUT2D eigenvalue weighted by Crippen LogP contribution is 2.34. The van der Waals surface area contributed by atoms with Gasteiger partial charge in [-0.25, -0.2) is 0 Å². The molecule has 2 aromatic carbocycles. The third-order valence-electron chi connectivity index (χ3n) is 4.71. The topological polar surface area (TPSA) is 54.9 Å². The molecule has 25 heavy (non-hydrogen) atoms. The number of nitrogens with one attached hydrogen (secondary N) is 2. The van der Waals surface area contributed by atoms with Crippen molar-refractivity contribution in [2.24, 2.45) is 4.99 Å². The van der Waals surface area contributed by atoms with E-state index in [1.165, 1.54) is 11.1 Å². The Hall–Kier alpha value is -2.69. The highest BCUT2D eigenvalue weighted by molar-refractivity contribution is 5.93. The summed E-state index contributed by atoms with van der Waals surface area (Å²) in [6, 6.07) is 14.5. The molecule has 4 rings (SSSR count). The number of aliphatic imine (C=N–C) groups is 1. The van der Waals surface area contributed by atoms with Gasteiger partial charge >= 0.3 is 0 Å². The highest BCUT2D eigenvalue weighted by Gasteiger charge is 2.25. The van der Waals surface area contributed by atoms with Crippen LogP contribution in [0, 0.1) is 0 Å². The number of hydrogen-bond acceptors (Lipinski definition) is 3. The number of guanidine groups is 1. The minimum atomic E-state index is 0.554. The summed E-state index contributed by atoms with van der Waals surface area (Å²) in [6.45, 7) is 2.26. The molecule has 2 N–H and O–H groups in total. The van der Waals surface area contributed by atoms with Crippen LogP contribution < -0.4 is 20.1 Å². The van der Waals surface area contributed by atoms with Gasteiger partial charge in [-0.05, 0) is 29.7 Å². The quantitative estimate of drug-likeness (QED) is 0.667. The molecular formula is C20H23N3O2. The summed E-state index contributed by atoms with van der Waals surface area (Å²) in [6.07, 6.45) is 2.04. The number of fused-ring (bicyclic) bond motifs is 2. The van der Waals surface area contributed by atoms with Gasteiger partial charge in [-0.15, -0.1) is 0 Å². The molecule has 0 saturated heterocycles. The van der Waals surface area contributed by atoms with Crippen LogP contribution in [-0.2, 0) is 6.42 Å². The van der Waals surface area contributed by atoms with Crippen LogP contribution in [0.25, 0.3) is 0 Å². The van der Waals surface area contributed by atoms with E-state index in [2.05, 4.69) is 39.9 Å². The molecule has 5 nitrogen and oxygen atoms in total. The fourth-order valence-corrected chi connectivity index (χ4v) is 3.32. The number of hydrogen-bond donors (Lipinski definition) is 2. The van der Waals surface area contributed by atoms with Crippen LogP contribution in [0.5, 0.6) is 11.5 Å². The Bertz CT molecular complexity index is 788. The Morgan fingerprint density at radius 1 is 1.12 bits per heavy atom. The maximum Gasteiger partial charge on any atom is 0.195 e. The van der Waals surface area contributed by atoms with E-state index >= 15 is 0 Å². The van der Waals surface area contributed by atoms with Crippen LogP contribution in [0.4, 0.5) is 5.69 Å². The fraction of sp³-hybridized carbons (Fsp3) is 0.350. The van der Waals surface area contributed by atoms with Crippen molar-refractivity contribution < 1.29 is 9.47 Å². The zero-order valence-electron chi connectivity index (χ0n) is 14.4. The summed E-state index contributed by atoms with van der Waals surface area (Å²) in [5.41, 5.74) is 3.84. The maximum atomic E-state index is 5.74. The Kier molecular flexibility index (Phi) is 4.46. The van der Waals surface area contributed by atoms with E-state index < -0.39 is 0 Å². The summed E-state index contributed by atoms with van der Waals surface area (Å²) >= 11 is 0. The molecule has 0 spiro atoms. The van der Waals surface area contributed by atoms with Gasteiger partial charge in [0.25, 0.3) is 0 Å². The second kappa shape index (κ2) is 7.05. The molecule has 1 aliphatic carbocycles. The molecular weight excluding hydrogens is 314 g/mol. The lowest BCUT2D eigenvalue weighted by molar-refractivity contribution is 0.297. The Morgan fingerprint density at radius 3 is 2.80 bits per heavy atom. The van der Waals surface area contributed by atoms with E-state index in [0.29, 0.717) is 19.1 Å². The molecule has 0 bridgehead atoms. The van der Waals surface area contributed by atoms with Crippen LogP contribution in [0.3, 0.4) is 0 Å². The van der Waals surface area contributed by atoms with Crippen molar-refractivity contribution in [2.45, 2.75) is 18.8 Å². The number of benzene rings is 2. The molecule has 1 aliphatic heterocycles. The van der Waals surface area contributed by atoms with Crippen molar-refractivity contribution in [1.29, 1.82) is 0 Å². The van der Waals surface area contributed by atoms with Gasteiger partial charge in [0.05, 0.1) is 13.2 Å². The molecule has 130 valence electrons. The monoisotopic (exact) mass is 337 g/mol. The third-order valence-corrected chi connectivity index (χ3v) is 4.71. The summed E-state index contributed by atoms with van der Waals surface area (Å²) in [5.74, 6) is 2.90. The summed E-state index contributed by atoms with van der Waals surface area (Å²) in [4.78, 5) is 4.32. The van der Waals surface area contributed by atoms with Gasteiger partial charge in [-0.2, -0.15) is 0 Å². The number of ether oxygens (including phenoxy) is 2. The summed E-state index contributed by atoms with van der Waals surface area (Å²) in [5, 5.41) is 6.75. The molecule has 5 heteroatoms. The van der Waals surface area contributed by atoms with Gasteiger partial charge in [0.15, 0.2) is 17.5 Å². The maximum absolute atomic E-state index is 5.74. The van der Waals surface area contributed by atoms with Gasteiger partial charge < -0.3 is 20.1 Å². The SMILES string of the molecule is CN=C(NCC1Cc2ccccc21)Nc1ccc2c(c1)OCCCO2. The average molecular weight is 337 g/mol. The predicted octanol–water partition coefficient (Wildman–Crippen LogP) is 3.18. The molecule has 2 aromatic rings. The molecule has 0 radical (unpaired) electrons. The molecule has 2 aliphatic rings. The molecule has 1 unspecified atom stereocenters. The first-order valence-corrected chi connectivity index (χ1v) is 8.78. The lowest BCUT2D eigenvalue weighted by Gasteiger charge is -2.30. The first kappa shape index (κ1) is 15.8. The Balaban J connectivity index is 1.37. The molecule has 1 atom stereocenters. The first-order valence-electron chi connectivity index (χ1n) is 8.78. The minimum absolute atomic E-state index is 0.554. The van der Waals surface area contributed by atoms with E-state index in [9.17, 15) is 0 Å². The lowest BCUT2D eigenvalue weighted by Crippen LogP contribution is -2.37. The summed E-state index contributed by atoms with van der Waals surface area (Å²) < 4.78 is 11.4. The van der Waals surface area contributed by atoms with Crippen molar-refractivity contribution in [3.8, 4) is 11.5 Å². The van der Waals surface area contributed by atoms with Crippen LogP contribution in [0.2, 0.25) is 0 Å². The van der Waals surface area contributed by atoms with Crippen molar-refractivity contribution in [3.05, 3.63) is 53.6 Å². The average Bonchev–Trinajstić information content (AvgIpc) is 2.86. The summed E-state index contributed by atoms with van der Waals surface area (Å²) in [7, 11) is 1.78. The molecule has 1 heterocycles. The molecule has 0 fully saturated rings. The van der Waals surface area contributed by atoms with E-state index in [1.54, 1.807) is 7.05 Å². The first-order chi connectivity index (χ1) is 12.3. The Labute approximate surface area is 148 Å². The van der Waals surface area contributed by atoms with Gasteiger partial charge in [-0.3, -0.25) is 4.99 Å². The van der Waals surface area contributed by atoms with E-state index in [4.69, 9.17) is 9.47 Å². The van der Waals surface area contributed by atoms with Crippen LogP contribution in [0.15, 0.2) is 47.5 Å². The van der Waals surface area contributed by atoms with Crippen molar-refractivity contribution in [3.63, 3.8) is 0 Å². The number of anilines is 1. The van der Waals surface area contributed by atoms with Crippen molar-refractivity contribution in [2.75, 3.05) is 32.1 Å². The second-order valence-corrected chi connectivity index (χ2v) is 6.39. The number of nitrogens with zero attached hydrogens (tertiary/aromatic N) is 1. The van der Waals surface area contributed by atoms with Crippen molar-refractivity contribution in [1.82, 2.24) is 5.32 Å². The zero-order valence-corrected chi connectivity index (χ0v) is 14.4. The van der Waals surface area contributed by atoms with Crippen molar-refractivity contribution >= 4 is 11.6 Å². The lowest BCUT2D eigenvalue weighted by atomic mass is 9.78. The second-order valence-electron chi connectivity index (χ2n) is 6.39. The highest BCUT2D eigenvalue weighted by atomic mass is 16.5. The Morgan fingerprint density at radius 2 is 1.96 bits per heavy atom. The van der Waals surface area contributed by atoms with Crippen LogP contribution in [-0.4, -0.2) is 32.8 Å². The zero-order chi connectivity index (χ0) is 17.1. The van der Waals surface area contributed by atoms with E-state index in [0.717, 1.165) is 42.5 Å². The predicted molar refractivity (Wildman–Crippen MR) is 99.9 cm³/mol. The normalized spacial score (nSPS) is 18.6. The van der Waals surface area contributed by atoms with Gasteiger partial charge in [0, 0.05) is 37.7 Å². The smallest absolute Gasteiger partial charge is 0.195 e.